The summed E-state index contributed by atoms with van der Waals surface area (Å²) in [6.45, 7) is 10.0. The molecule has 1 aliphatic carbocycles. The van der Waals surface area contributed by atoms with Gasteiger partial charge in [-0.05, 0) is 68.3 Å². The summed E-state index contributed by atoms with van der Waals surface area (Å²) in [6, 6.07) is 0. The molecule has 0 aromatic heterocycles. The molecule has 1 fully saturated rings. The van der Waals surface area contributed by atoms with E-state index < -0.39 is 0 Å². The first-order valence-electron chi connectivity index (χ1n) is 21.7. The van der Waals surface area contributed by atoms with Gasteiger partial charge in [-0.1, -0.05) is 162 Å². The Morgan fingerprint density at radius 1 is 0.460 bits per heavy atom. The third-order valence-corrected chi connectivity index (χ3v) is 12.3. The van der Waals surface area contributed by atoms with Crippen molar-refractivity contribution in [3.05, 3.63) is 36.6 Å². The highest BCUT2D eigenvalue weighted by molar-refractivity contribution is 6.12. The fourth-order valence-electron chi connectivity index (χ4n) is 9.30. The zero-order chi connectivity index (χ0) is 35.8. The number of amides is 3. The molecule has 4 atom stereocenters. The summed E-state index contributed by atoms with van der Waals surface area (Å²) in [5.74, 6) is 3.51. The average molecular weight is 693 g/mol. The van der Waals surface area contributed by atoms with E-state index >= 15 is 0 Å². The van der Waals surface area contributed by atoms with Gasteiger partial charge in [0, 0.05) is 37.0 Å². The lowest BCUT2D eigenvalue weighted by molar-refractivity contribution is -0.136. The number of unbranched alkanes of at least 4 members (excludes halogenated alkanes) is 18. The number of imide groups is 1. The van der Waals surface area contributed by atoms with Crippen molar-refractivity contribution in [1.29, 1.82) is 0 Å². The van der Waals surface area contributed by atoms with Gasteiger partial charge in [0.15, 0.2) is 0 Å². The summed E-state index contributed by atoms with van der Waals surface area (Å²) in [7, 11) is 0. The van der Waals surface area contributed by atoms with Crippen molar-refractivity contribution < 1.29 is 14.4 Å². The van der Waals surface area contributed by atoms with Crippen LogP contribution in [0.1, 0.15) is 194 Å². The molecule has 3 amide bonds. The molecule has 284 valence electrons. The predicted molar refractivity (Wildman–Crippen MR) is 210 cm³/mol. The van der Waals surface area contributed by atoms with Crippen molar-refractivity contribution in [3.8, 4) is 0 Å². The molecule has 4 unspecified atom stereocenters. The molecule has 3 rings (SSSR count). The van der Waals surface area contributed by atoms with Crippen molar-refractivity contribution in [1.82, 2.24) is 9.80 Å². The fraction of sp³-hybridized carbons (Fsp3) is 0.800. The first kappa shape index (κ1) is 42.2. The van der Waals surface area contributed by atoms with Gasteiger partial charge in [0.1, 0.15) is 0 Å². The molecular formula is C45H76N2O3. The zero-order valence-corrected chi connectivity index (χ0v) is 32.7. The summed E-state index contributed by atoms with van der Waals surface area (Å²) in [6.07, 6.45) is 43.8. The number of hydrogen-bond donors (Lipinski definition) is 0. The molecule has 2 heterocycles. The van der Waals surface area contributed by atoms with Crippen LogP contribution in [0, 0.1) is 23.7 Å². The number of rotatable bonds is 30. The molecule has 0 aromatic carbocycles. The Bertz CT molecular complexity index is 1010. The smallest absolute Gasteiger partial charge is 0.253 e. The molecule has 0 saturated heterocycles. The second-order valence-corrected chi connectivity index (χ2v) is 16.1. The highest BCUT2D eigenvalue weighted by Gasteiger charge is 2.37. The van der Waals surface area contributed by atoms with Gasteiger partial charge < -0.3 is 4.90 Å². The van der Waals surface area contributed by atoms with Gasteiger partial charge in [-0.15, -0.1) is 0 Å². The highest BCUT2D eigenvalue weighted by atomic mass is 16.2. The predicted octanol–water partition coefficient (Wildman–Crippen LogP) is 12.3. The van der Waals surface area contributed by atoms with Crippen LogP contribution in [0.4, 0.5) is 0 Å². The van der Waals surface area contributed by atoms with E-state index in [1.54, 1.807) is 6.08 Å². The van der Waals surface area contributed by atoms with Gasteiger partial charge in [0.2, 0.25) is 0 Å². The van der Waals surface area contributed by atoms with E-state index in [0.717, 1.165) is 55.2 Å². The van der Waals surface area contributed by atoms with E-state index in [1.807, 2.05) is 11.0 Å². The molecule has 0 N–H and O–H groups in total. The van der Waals surface area contributed by atoms with Crippen LogP contribution >= 0.6 is 0 Å². The normalized spacial score (nSPS) is 22.2. The first-order chi connectivity index (χ1) is 24.5. The quantitative estimate of drug-likeness (QED) is 0.0556. The van der Waals surface area contributed by atoms with Crippen molar-refractivity contribution in [2.24, 2.45) is 23.7 Å². The van der Waals surface area contributed by atoms with Crippen molar-refractivity contribution in [2.45, 2.75) is 194 Å². The summed E-state index contributed by atoms with van der Waals surface area (Å²) in [5, 5.41) is 0. The van der Waals surface area contributed by atoms with E-state index in [-0.39, 0.29) is 17.7 Å². The zero-order valence-electron chi connectivity index (χ0n) is 32.7. The molecule has 0 spiro atoms. The molecular weight excluding hydrogens is 617 g/mol. The maximum atomic E-state index is 12.0. The van der Waals surface area contributed by atoms with E-state index in [0.29, 0.717) is 6.54 Å². The molecule has 0 radical (unpaired) electrons. The Kier molecular flexibility index (Phi) is 21.7. The van der Waals surface area contributed by atoms with E-state index in [4.69, 9.17) is 0 Å². The average Bonchev–Trinajstić information content (AvgIpc) is 3.61. The van der Waals surface area contributed by atoms with Crippen LogP contribution in [-0.4, -0.2) is 40.6 Å². The SMILES string of the molecule is C=C1C=CC(=O)N1CCCCCCCCC1CCC(CCCCCC)C(CCCCCCCC)C1CCCCCCCCN1C(=O)C=CC1=O. The molecule has 3 aliphatic rings. The minimum absolute atomic E-state index is 0.0957. The molecule has 50 heavy (non-hydrogen) atoms. The van der Waals surface area contributed by atoms with E-state index in [2.05, 4.69) is 20.4 Å². The van der Waals surface area contributed by atoms with E-state index in [9.17, 15) is 14.4 Å². The summed E-state index contributed by atoms with van der Waals surface area (Å²) in [4.78, 5) is 38.8. The van der Waals surface area contributed by atoms with Crippen LogP contribution in [0.5, 0.6) is 0 Å². The second-order valence-electron chi connectivity index (χ2n) is 16.1. The van der Waals surface area contributed by atoms with Crippen LogP contribution in [-0.2, 0) is 14.4 Å². The molecule has 2 aliphatic heterocycles. The standard InChI is InChI=1S/C45H76N2O3/c1-4-6-8-10-16-22-28-41-39(26-20-9-7-5-2)31-32-40(27-21-15-11-13-18-24-36-46-38(3)30-33-43(46)48)42(41)29-23-17-12-14-19-25-37-47-44(49)34-35-45(47)50/h30,33-35,39-42H,3-29,31-32,36-37H2,1-2H3. The Labute approximate surface area is 308 Å². The largest absolute Gasteiger partial charge is 0.309 e. The van der Waals surface area contributed by atoms with Crippen molar-refractivity contribution >= 4 is 17.7 Å². The molecule has 0 aromatic rings. The Hall–Kier alpha value is -2.17. The summed E-state index contributed by atoms with van der Waals surface area (Å²) >= 11 is 0. The first-order valence-corrected chi connectivity index (χ1v) is 21.7. The van der Waals surface area contributed by atoms with Crippen LogP contribution in [0.3, 0.4) is 0 Å². The van der Waals surface area contributed by atoms with Gasteiger partial charge in [0.25, 0.3) is 17.7 Å². The number of allylic oxidation sites excluding steroid dienone is 1. The van der Waals surface area contributed by atoms with Crippen LogP contribution in [0.15, 0.2) is 36.6 Å². The van der Waals surface area contributed by atoms with Crippen LogP contribution < -0.4 is 0 Å². The Balaban J connectivity index is 1.45. The van der Waals surface area contributed by atoms with Gasteiger partial charge >= 0.3 is 0 Å². The lowest BCUT2D eigenvalue weighted by Crippen LogP contribution is -2.35. The van der Waals surface area contributed by atoms with Crippen LogP contribution in [0.2, 0.25) is 0 Å². The third kappa shape index (κ3) is 15.6. The molecule has 5 nitrogen and oxygen atoms in total. The lowest BCUT2D eigenvalue weighted by Gasteiger charge is -2.44. The minimum Gasteiger partial charge on any atom is -0.309 e. The summed E-state index contributed by atoms with van der Waals surface area (Å²) in [5.41, 5.74) is 0.846. The fourth-order valence-corrected chi connectivity index (χ4v) is 9.30. The monoisotopic (exact) mass is 693 g/mol. The Morgan fingerprint density at radius 2 is 0.800 bits per heavy atom. The van der Waals surface area contributed by atoms with Gasteiger partial charge in [-0.3, -0.25) is 19.3 Å². The third-order valence-electron chi connectivity index (χ3n) is 12.3. The maximum absolute atomic E-state index is 12.0. The minimum atomic E-state index is -0.146. The molecule has 1 saturated carbocycles. The van der Waals surface area contributed by atoms with Crippen molar-refractivity contribution in [3.63, 3.8) is 0 Å². The highest BCUT2D eigenvalue weighted by Crippen LogP contribution is 2.47. The number of carbonyl (C=O) groups is 3. The molecule has 5 heteroatoms. The Morgan fingerprint density at radius 3 is 1.24 bits per heavy atom. The topological polar surface area (TPSA) is 57.7 Å². The number of carbonyl (C=O) groups excluding carboxylic acids is 3. The lowest BCUT2D eigenvalue weighted by atomic mass is 9.61. The number of hydrogen-bond acceptors (Lipinski definition) is 3. The van der Waals surface area contributed by atoms with Crippen molar-refractivity contribution in [2.75, 3.05) is 13.1 Å². The maximum Gasteiger partial charge on any atom is 0.253 e. The van der Waals surface area contributed by atoms with Gasteiger partial charge in [-0.25, -0.2) is 0 Å². The van der Waals surface area contributed by atoms with Crippen LogP contribution in [0.25, 0.3) is 0 Å². The van der Waals surface area contributed by atoms with E-state index in [1.165, 1.54) is 178 Å². The second kappa shape index (κ2) is 25.7. The number of nitrogens with zero attached hydrogens (tertiary/aromatic N) is 2. The molecule has 0 bridgehead atoms. The van der Waals surface area contributed by atoms with Gasteiger partial charge in [-0.2, -0.15) is 0 Å². The van der Waals surface area contributed by atoms with Gasteiger partial charge in [0.05, 0.1) is 0 Å². The summed E-state index contributed by atoms with van der Waals surface area (Å²) < 4.78 is 0.